The second-order valence-electron chi connectivity index (χ2n) is 8.67. The molecule has 0 spiro atoms. The Kier molecular flexibility index (Phi) is 9.61. The number of nitrogens with zero attached hydrogens (tertiary/aromatic N) is 2. The Balaban J connectivity index is 2.42. The monoisotopic (exact) mass is 509 g/mol. The van der Waals surface area contributed by atoms with Crippen LogP contribution >= 0.6 is 0 Å². The summed E-state index contributed by atoms with van der Waals surface area (Å²) in [6.07, 6.45) is -5.65. The number of halogens is 3. The minimum atomic E-state index is -4.28. The number of fused-ring (bicyclic) bond motifs is 1. The van der Waals surface area contributed by atoms with Crippen LogP contribution < -0.4 is 9.46 Å². The molecule has 194 valence electrons. The molecule has 12 heteroatoms. The number of nitrogens with one attached hydrogen (secondary N) is 1. The second-order valence-corrected chi connectivity index (χ2v) is 10.7. The van der Waals surface area contributed by atoms with Crippen molar-refractivity contribution < 1.29 is 35.9 Å². The number of methoxy groups -OCH3 is 1. The van der Waals surface area contributed by atoms with Crippen LogP contribution in [0, 0.1) is 5.92 Å². The van der Waals surface area contributed by atoms with Crippen molar-refractivity contribution in [2.75, 3.05) is 50.9 Å². The third-order valence-electron chi connectivity index (χ3n) is 5.91. The summed E-state index contributed by atoms with van der Waals surface area (Å²) in [6.45, 7) is 5.54. The van der Waals surface area contributed by atoms with Crippen LogP contribution in [0.25, 0.3) is 0 Å². The Morgan fingerprint density at radius 2 is 1.91 bits per heavy atom. The summed E-state index contributed by atoms with van der Waals surface area (Å²) in [7, 11) is -0.469. The maximum Gasteiger partial charge on any atom is 0.390 e. The average Bonchev–Trinajstić information content (AvgIpc) is 2.76. The first kappa shape index (κ1) is 28.2. The third-order valence-corrected chi connectivity index (χ3v) is 7.22. The van der Waals surface area contributed by atoms with Crippen molar-refractivity contribution >= 4 is 21.6 Å². The summed E-state index contributed by atoms with van der Waals surface area (Å²) in [4.78, 5) is 16.4. The van der Waals surface area contributed by atoms with Gasteiger partial charge in [-0.05, 0) is 38.0 Å². The van der Waals surface area contributed by atoms with Crippen molar-refractivity contribution in [3.8, 4) is 5.75 Å². The normalized spacial score (nSPS) is 23.5. The number of anilines is 1. The first-order chi connectivity index (χ1) is 15.8. The van der Waals surface area contributed by atoms with E-state index in [1.807, 2.05) is 6.92 Å². The molecule has 1 aliphatic rings. The van der Waals surface area contributed by atoms with Gasteiger partial charge in [0.2, 0.25) is 10.0 Å². The molecule has 1 N–H and O–H groups in total. The van der Waals surface area contributed by atoms with Crippen LogP contribution in [0.4, 0.5) is 18.9 Å². The lowest BCUT2D eigenvalue weighted by atomic mass is 10.0. The Bertz CT molecular complexity index is 942. The van der Waals surface area contributed by atoms with E-state index in [9.17, 15) is 26.4 Å². The van der Waals surface area contributed by atoms with Crippen molar-refractivity contribution in [2.24, 2.45) is 5.92 Å². The molecule has 0 saturated carbocycles. The second kappa shape index (κ2) is 11.6. The van der Waals surface area contributed by atoms with Gasteiger partial charge in [-0.1, -0.05) is 6.92 Å². The van der Waals surface area contributed by atoms with Crippen molar-refractivity contribution in [1.29, 1.82) is 0 Å². The third kappa shape index (κ3) is 8.02. The Labute approximate surface area is 199 Å². The molecule has 1 heterocycles. The zero-order chi connectivity index (χ0) is 25.7. The number of amides is 1. The van der Waals surface area contributed by atoms with Crippen LogP contribution in [0.5, 0.6) is 5.75 Å². The van der Waals surface area contributed by atoms with Gasteiger partial charge in [0.1, 0.15) is 12.4 Å². The average molecular weight is 510 g/mol. The lowest BCUT2D eigenvalue weighted by Crippen LogP contribution is -2.47. The minimum Gasteiger partial charge on any atom is -0.491 e. The molecule has 0 radical (unpaired) electrons. The number of likely N-dealkylation sites (N-methyl/N-ethyl adjacent to an activating group) is 1. The molecule has 1 aliphatic heterocycles. The molecule has 0 fully saturated rings. The first-order valence-corrected chi connectivity index (χ1v) is 12.8. The number of carbonyl (C=O) groups excluding carboxylic acids is 1. The van der Waals surface area contributed by atoms with E-state index in [4.69, 9.17) is 9.47 Å². The smallest absolute Gasteiger partial charge is 0.390 e. The zero-order valence-electron chi connectivity index (χ0n) is 20.2. The van der Waals surface area contributed by atoms with E-state index < -0.39 is 28.7 Å². The van der Waals surface area contributed by atoms with Gasteiger partial charge in [-0.2, -0.15) is 13.2 Å². The van der Waals surface area contributed by atoms with E-state index in [1.54, 1.807) is 18.9 Å². The maximum absolute atomic E-state index is 13.2. The highest BCUT2D eigenvalue weighted by atomic mass is 32.2. The van der Waals surface area contributed by atoms with E-state index in [0.717, 1.165) is 0 Å². The predicted molar refractivity (Wildman–Crippen MR) is 124 cm³/mol. The van der Waals surface area contributed by atoms with Crippen LogP contribution in [0.3, 0.4) is 0 Å². The number of rotatable bonds is 6. The Morgan fingerprint density at radius 1 is 1.24 bits per heavy atom. The quantitative estimate of drug-likeness (QED) is 0.634. The summed E-state index contributed by atoms with van der Waals surface area (Å²) in [5.74, 6) is -0.462. The van der Waals surface area contributed by atoms with E-state index >= 15 is 0 Å². The SMILES string of the molecule is CCS(=O)(=O)Nc1ccc2c(c1)C(=O)N(C)C[C@@H](OC)[C@H](C)CN(CCC(F)(F)F)[C@@H](C)CO2. The molecule has 3 atom stereocenters. The highest BCUT2D eigenvalue weighted by Crippen LogP contribution is 2.27. The van der Waals surface area contributed by atoms with E-state index in [2.05, 4.69) is 4.72 Å². The number of ether oxygens (including phenoxy) is 2. The fourth-order valence-electron chi connectivity index (χ4n) is 3.75. The predicted octanol–water partition coefficient (Wildman–Crippen LogP) is 3.21. The van der Waals surface area contributed by atoms with Crippen LogP contribution in [-0.4, -0.2) is 88.6 Å². The number of hydrogen-bond donors (Lipinski definition) is 1. The Hall–Kier alpha value is -2.05. The summed E-state index contributed by atoms with van der Waals surface area (Å²) in [5.41, 5.74) is 0.366. The van der Waals surface area contributed by atoms with E-state index in [-0.39, 0.29) is 60.3 Å². The largest absolute Gasteiger partial charge is 0.491 e. The molecular formula is C22H34F3N3O5S. The van der Waals surface area contributed by atoms with Gasteiger partial charge in [0.25, 0.3) is 5.91 Å². The van der Waals surface area contributed by atoms with Crippen LogP contribution in [-0.2, 0) is 14.8 Å². The Morgan fingerprint density at radius 3 is 2.50 bits per heavy atom. The zero-order valence-corrected chi connectivity index (χ0v) is 21.0. The van der Waals surface area contributed by atoms with Crippen molar-refractivity contribution in [3.63, 3.8) is 0 Å². The molecule has 0 aliphatic carbocycles. The number of alkyl halides is 3. The number of benzene rings is 1. The fourth-order valence-corrected chi connectivity index (χ4v) is 4.38. The molecule has 0 aromatic heterocycles. The van der Waals surface area contributed by atoms with Gasteiger partial charge in [0.05, 0.1) is 23.8 Å². The molecule has 1 aromatic rings. The summed E-state index contributed by atoms with van der Waals surface area (Å²) in [5, 5.41) is 0. The first-order valence-electron chi connectivity index (χ1n) is 11.1. The van der Waals surface area contributed by atoms with Crippen molar-refractivity contribution in [3.05, 3.63) is 23.8 Å². The van der Waals surface area contributed by atoms with Gasteiger partial charge in [-0.3, -0.25) is 14.4 Å². The molecule has 8 nitrogen and oxygen atoms in total. The molecule has 0 saturated heterocycles. The minimum absolute atomic E-state index is 0.0479. The number of hydrogen-bond acceptors (Lipinski definition) is 6. The fraction of sp³-hybridized carbons (Fsp3) is 0.682. The van der Waals surface area contributed by atoms with Crippen LogP contribution in [0.2, 0.25) is 0 Å². The van der Waals surface area contributed by atoms with Gasteiger partial charge < -0.3 is 14.4 Å². The summed E-state index contributed by atoms with van der Waals surface area (Å²) < 4.78 is 76.6. The van der Waals surface area contributed by atoms with Crippen molar-refractivity contribution in [1.82, 2.24) is 9.80 Å². The van der Waals surface area contributed by atoms with E-state index in [0.29, 0.717) is 6.54 Å². The summed E-state index contributed by atoms with van der Waals surface area (Å²) >= 11 is 0. The maximum atomic E-state index is 13.2. The molecule has 1 amide bonds. The lowest BCUT2D eigenvalue weighted by molar-refractivity contribution is -0.140. The molecule has 2 rings (SSSR count). The topological polar surface area (TPSA) is 88.2 Å². The van der Waals surface area contributed by atoms with Crippen LogP contribution in [0.15, 0.2) is 18.2 Å². The molecule has 0 bridgehead atoms. The van der Waals surface area contributed by atoms with Gasteiger partial charge in [-0.15, -0.1) is 0 Å². The number of sulfonamides is 1. The van der Waals surface area contributed by atoms with Crippen LogP contribution in [0.1, 0.15) is 37.6 Å². The molecular weight excluding hydrogens is 475 g/mol. The molecule has 1 aromatic carbocycles. The molecule has 0 unspecified atom stereocenters. The van der Waals surface area contributed by atoms with Gasteiger partial charge in [0.15, 0.2) is 0 Å². The van der Waals surface area contributed by atoms with Crippen molar-refractivity contribution in [2.45, 2.75) is 45.5 Å². The molecule has 34 heavy (non-hydrogen) atoms. The van der Waals surface area contributed by atoms with Gasteiger partial charge >= 0.3 is 6.18 Å². The lowest BCUT2D eigenvalue weighted by Gasteiger charge is -2.36. The van der Waals surface area contributed by atoms with Gasteiger partial charge in [0, 0.05) is 45.5 Å². The van der Waals surface area contributed by atoms with Gasteiger partial charge in [-0.25, -0.2) is 8.42 Å². The highest BCUT2D eigenvalue weighted by Gasteiger charge is 2.32. The standard InChI is InChI=1S/C22H34F3N3O5S/c1-6-34(30,31)26-17-7-8-19-18(11-17)21(29)27(4)13-20(32-5)15(2)12-28(16(3)14-33-19)10-9-22(23,24)25/h7-8,11,15-16,20,26H,6,9-10,12-14H2,1-5H3/t15-,16+,20-/m1/s1. The number of carbonyl (C=O) groups is 1. The van der Waals surface area contributed by atoms with E-state index in [1.165, 1.54) is 37.1 Å². The highest BCUT2D eigenvalue weighted by molar-refractivity contribution is 7.92. The summed E-state index contributed by atoms with van der Waals surface area (Å²) in [6, 6.07) is 4.01.